The smallest absolute Gasteiger partial charge is 0.409 e. The highest BCUT2D eigenvalue weighted by molar-refractivity contribution is 7.09. The molecule has 1 aromatic heterocycles. The SMILES string of the molecule is CCOC(=O)N1CCN(C(=O)c2csc(Cc3ccccc3)n2)CC1. The Balaban J connectivity index is 1.56. The number of nitrogens with zero attached hydrogens (tertiary/aromatic N) is 3. The Kier molecular flexibility index (Phi) is 5.65. The first kappa shape index (κ1) is 17.4. The van der Waals surface area contributed by atoms with Crippen LogP contribution in [0.15, 0.2) is 35.7 Å². The molecule has 1 aliphatic heterocycles. The Morgan fingerprint density at radius 2 is 1.80 bits per heavy atom. The number of hydrogen-bond donors (Lipinski definition) is 0. The number of hydrogen-bond acceptors (Lipinski definition) is 5. The Labute approximate surface area is 151 Å². The zero-order valence-electron chi connectivity index (χ0n) is 14.2. The van der Waals surface area contributed by atoms with Crippen molar-refractivity contribution < 1.29 is 14.3 Å². The van der Waals surface area contributed by atoms with Crippen LogP contribution in [-0.2, 0) is 11.2 Å². The third-order valence-corrected chi connectivity index (χ3v) is 4.91. The van der Waals surface area contributed by atoms with Gasteiger partial charge in [0.15, 0.2) is 0 Å². The lowest BCUT2D eigenvalue weighted by molar-refractivity contribution is 0.0566. The summed E-state index contributed by atoms with van der Waals surface area (Å²) in [5.74, 6) is -0.0703. The minimum atomic E-state index is -0.312. The second kappa shape index (κ2) is 8.11. The number of thiazole rings is 1. The molecular formula is C18H21N3O3S. The topological polar surface area (TPSA) is 62.7 Å². The summed E-state index contributed by atoms with van der Waals surface area (Å²) in [5, 5.41) is 2.75. The summed E-state index contributed by atoms with van der Waals surface area (Å²) >= 11 is 1.51. The molecule has 0 atom stereocenters. The fraction of sp³-hybridized carbons (Fsp3) is 0.389. The predicted octanol–water partition coefficient (Wildman–Crippen LogP) is 2.65. The van der Waals surface area contributed by atoms with E-state index in [1.54, 1.807) is 16.7 Å². The molecule has 2 heterocycles. The van der Waals surface area contributed by atoms with Crippen molar-refractivity contribution in [3.63, 3.8) is 0 Å². The van der Waals surface area contributed by atoms with E-state index in [0.717, 1.165) is 11.4 Å². The van der Waals surface area contributed by atoms with E-state index in [-0.39, 0.29) is 12.0 Å². The minimum absolute atomic E-state index is 0.0703. The molecule has 6 nitrogen and oxygen atoms in total. The van der Waals surface area contributed by atoms with Gasteiger partial charge in [-0.3, -0.25) is 4.79 Å². The van der Waals surface area contributed by atoms with E-state index < -0.39 is 0 Å². The van der Waals surface area contributed by atoms with E-state index in [1.165, 1.54) is 16.9 Å². The van der Waals surface area contributed by atoms with Crippen molar-refractivity contribution in [1.29, 1.82) is 0 Å². The van der Waals surface area contributed by atoms with Gasteiger partial charge >= 0.3 is 6.09 Å². The van der Waals surface area contributed by atoms with Gasteiger partial charge in [0.1, 0.15) is 5.69 Å². The third-order valence-electron chi connectivity index (χ3n) is 4.06. The molecule has 0 radical (unpaired) electrons. The van der Waals surface area contributed by atoms with E-state index in [2.05, 4.69) is 17.1 Å². The average molecular weight is 359 g/mol. The highest BCUT2D eigenvalue weighted by Crippen LogP contribution is 2.17. The fourth-order valence-corrected chi connectivity index (χ4v) is 3.53. The number of amides is 2. The van der Waals surface area contributed by atoms with Crippen molar-refractivity contribution in [2.75, 3.05) is 32.8 Å². The van der Waals surface area contributed by atoms with Gasteiger partial charge in [-0.25, -0.2) is 9.78 Å². The van der Waals surface area contributed by atoms with Gasteiger partial charge < -0.3 is 14.5 Å². The van der Waals surface area contributed by atoms with Gasteiger partial charge in [-0.05, 0) is 12.5 Å². The van der Waals surface area contributed by atoms with Crippen molar-refractivity contribution in [2.24, 2.45) is 0 Å². The summed E-state index contributed by atoms with van der Waals surface area (Å²) in [6, 6.07) is 10.1. The lowest BCUT2D eigenvalue weighted by Crippen LogP contribution is -2.50. The number of benzene rings is 1. The van der Waals surface area contributed by atoms with Crippen molar-refractivity contribution in [2.45, 2.75) is 13.3 Å². The molecular weight excluding hydrogens is 338 g/mol. The number of aromatic nitrogens is 1. The summed E-state index contributed by atoms with van der Waals surface area (Å²) in [7, 11) is 0. The fourth-order valence-electron chi connectivity index (χ4n) is 2.73. The monoisotopic (exact) mass is 359 g/mol. The minimum Gasteiger partial charge on any atom is -0.450 e. The van der Waals surface area contributed by atoms with Gasteiger partial charge in [-0.15, -0.1) is 11.3 Å². The standard InChI is InChI=1S/C18H21N3O3S/c1-2-24-18(23)21-10-8-20(9-11-21)17(22)15-13-25-16(19-15)12-14-6-4-3-5-7-14/h3-7,13H,2,8-12H2,1H3. The molecule has 0 spiro atoms. The summed E-state index contributed by atoms with van der Waals surface area (Å²) < 4.78 is 4.99. The zero-order chi connectivity index (χ0) is 17.6. The number of carbonyl (C=O) groups excluding carboxylic acids is 2. The van der Waals surface area contributed by atoms with E-state index in [0.29, 0.717) is 38.5 Å². The lowest BCUT2D eigenvalue weighted by Gasteiger charge is -2.33. The lowest BCUT2D eigenvalue weighted by atomic mass is 10.2. The molecule has 1 aromatic carbocycles. The Bertz CT molecular complexity index is 724. The van der Waals surface area contributed by atoms with Crippen LogP contribution < -0.4 is 0 Å². The number of carbonyl (C=O) groups is 2. The maximum absolute atomic E-state index is 12.6. The van der Waals surface area contributed by atoms with E-state index >= 15 is 0 Å². The summed E-state index contributed by atoms with van der Waals surface area (Å²) in [6.45, 7) is 4.14. The Morgan fingerprint density at radius 1 is 1.12 bits per heavy atom. The maximum atomic E-state index is 12.6. The van der Waals surface area contributed by atoms with Crippen molar-refractivity contribution in [3.8, 4) is 0 Å². The summed E-state index contributed by atoms with van der Waals surface area (Å²) in [6.07, 6.45) is 0.420. The summed E-state index contributed by atoms with van der Waals surface area (Å²) in [4.78, 5) is 32.2. The Morgan fingerprint density at radius 3 is 2.48 bits per heavy atom. The largest absolute Gasteiger partial charge is 0.450 e. The van der Waals surface area contributed by atoms with Crippen LogP contribution in [0.2, 0.25) is 0 Å². The molecule has 25 heavy (non-hydrogen) atoms. The van der Waals surface area contributed by atoms with Gasteiger partial charge in [0, 0.05) is 38.0 Å². The van der Waals surface area contributed by atoms with Crippen LogP contribution in [0.25, 0.3) is 0 Å². The van der Waals surface area contributed by atoms with E-state index in [4.69, 9.17) is 4.74 Å². The molecule has 2 amide bonds. The highest BCUT2D eigenvalue weighted by Gasteiger charge is 2.26. The van der Waals surface area contributed by atoms with Crippen LogP contribution in [0.1, 0.15) is 28.0 Å². The molecule has 3 rings (SSSR count). The van der Waals surface area contributed by atoms with Gasteiger partial charge in [-0.1, -0.05) is 30.3 Å². The van der Waals surface area contributed by atoms with E-state index in [1.807, 2.05) is 23.6 Å². The average Bonchev–Trinajstić information content (AvgIpc) is 3.11. The van der Waals surface area contributed by atoms with Crippen molar-refractivity contribution in [3.05, 3.63) is 52.0 Å². The van der Waals surface area contributed by atoms with Crippen molar-refractivity contribution in [1.82, 2.24) is 14.8 Å². The van der Waals surface area contributed by atoms with Gasteiger partial charge in [-0.2, -0.15) is 0 Å². The second-order valence-corrected chi connectivity index (χ2v) is 6.71. The number of ether oxygens (including phenoxy) is 1. The molecule has 0 aliphatic carbocycles. The normalized spacial score (nSPS) is 14.4. The van der Waals surface area contributed by atoms with Crippen LogP contribution in [0.3, 0.4) is 0 Å². The second-order valence-electron chi connectivity index (χ2n) is 5.77. The molecule has 2 aromatic rings. The van der Waals surface area contributed by atoms with Crippen molar-refractivity contribution >= 4 is 23.3 Å². The Hall–Kier alpha value is -2.41. The van der Waals surface area contributed by atoms with Gasteiger partial charge in [0.25, 0.3) is 5.91 Å². The van der Waals surface area contributed by atoms with Crippen LogP contribution in [0.4, 0.5) is 4.79 Å². The van der Waals surface area contributed by atoms with Crippen LogP contribution >= 0.6 is 11.3 Å². The molecule has 0 bridgehead atoms. The van der Waals surface area contributed by atoms with Crippen LogP contribution in [0, 0.1) is 0 Å². The quantitative estimate of drug-likeness (QED) is 0.842. The van der Waals surface area contributed by atoms with Crippen LogP contribution in [-0.4, -0.2) is 59.6 Å². The molecule has 132 valence electrons. The number of piperazine rings is 1. The van der Waals surface area contributed by atoms with Crippen LogP contribution in [0.5, 0.6) is 0 Å². The van der Waals surface area contributed by atoms with Gasteiger partial charge in [0.05, 0.1) is 11.6 Å². The highest BCUT2D eigenvalue weighted by atomic mass is 32.1. The summed E-state index contributed by atoms with van der Waals surface area (Å²) in [5.41, 5.74) is 1.67. The predicted molar refractivity (Wildman–Crippen MR) is 95.9 cm³/mol. The number of rotatable bonds is 4. The first-order chi connectivity index (χ1) is 12.2. The molecule has 1 fully saturated rings. The van der Waals surface area contributed by atoms with E-state index in [9.17, 15) is 9.59 Å². The van der Waals surface area contributed by atoms with Gasteiger partial charge in [0.2, 0.25) is 0 Å². The molecule has 1 saturated heterocycles. The molecule has 7 heteroatoms. The molecule has 0 saturated carbocycles. The maximum Gasteiger partial charge on any atom is 0.409 e. The third kappa shape index (κ3) is 4.36. The zero-order valence-corrected chi connectivity index (χ0v) is 15.0. The molecule has 0 unspecified atom stereocenters. The molecule has 0 N–H and O–H groups in total. The first-order valence-electron chi connectivity index (χ1n) is 8.36. The molecule has 1 aliphatic rings. The first-order valence-corrected chi connectivity index (χ1v) is 9.24.